The van der Waals surface area contributed by atoms with E-state index in [2.05, 4.69) is 31.0 Å². The molecule has 0 aliphatic carbocycles. The lowest BCUT2D eigenvalue weighted by Crippen LogP contribution is -2.17. The minimum absolute atomic E-state index is 0.0140. The Morgan fingerprint density at radius 3 is 2.62 bits per heavy atom. The van der Waals surface area contributed by atoms with Gasteiger partial charge in [-0.1, -0.05) is 5.21 Å². The van der Waals surface area contributed by atoms with Crippen LogP contribution in [-0.4, -0.2) is 28.3 Å². The smallest absolute Gasteiger partial charge is 0.278 e. The van der Waals surface area contributed by atoms with Crippen LogP contribution in [0.5, 0.6) is 0 Å². The fraction of sp³-hybridized carbons (Fsp3) is 0.111. The van der Waals surface area contributed by atoms with Crippen molar-refractivity contribution in [3.8, 4) is 0 Å². The van der Waals surface area contributed by atoms with Crippen molar-refractivity contribution in [3.63, 3.8) is 0 Å². The van der Waals surface area contributed by atoms with Crippen LogP contribution < -0.4 is 4.72 Å². The van der Waals surface area contributed by atoms with Crippen LogP contribution in [0.15, 0.2) is 27.8 Å². The Labute approximate surface area is 126 Å². The summed E-state index contributed by atoms with van der Waals surface area (Å²) in [6.07, 6.45) is 0. The molecule has 9 nitrogen and oxygen atoms in total. The topological polar surface area (TPSA) is 120 Å². The molecule has 12 heteroatoms. The Kier molecular flexibility index (Phi) is 3.91. The van der Waals surface area contributed by atoms with E-state index in [0.29, 0.717) is 6.07 Å². The molecule has 2 rings (SSSR count). The fourth-order valence-electron chi connectivity index (χ4n) is 1.53. The Bertz CT molecular complexity index is 802. The predicted octanol–water partition coefficient (Wildman–Crippen LogP) is 1.43. The van der Waals surface area contributed by atoms with E-state index in [1.54, 1.807) is 0 Å². The minimum atomic E-state index is -4.08. The maximum Gasteiger partial charge on any atom is 0.304 e. The predicted molar refractivity (Wildman–Crippen MR) is 72.6 cm³/mol. The number of nitrogens with one attached hydrogen (secondary N) is 1. The zero-order valence-corrected chi connectivity index (χ0v) is 12.7. The van der Waals surface area contributed by atoms with Crippen LogP contribution in [0.1, 0.15) is 0 Å². The summed E-state index contributed by atoms with van der Waals surface area (Å²) in [4.78, 5) is 9.59. The van der Waals surface area contributed by atoms with Crippen molar-refractivity contribution >= 4 is 37.3 Å². The molecule has 0 atom stereocenters. The van der Waals surface area contributed by atoms with E-state index in [0.717, 1.165) is 16.8 Å². The number of anilines is 1. The van der Waals surface area contributed by atoms with Crippen molar-refractivity contribution in [2.75, 3.05) is 4.72 Å². The summed E-state index contributed by atoms with van der Waals surface area (Å²) in [5, 5.41) is 17.3. The number of aromatic nitrogens is 3. The van der Waals surface area contributed by atoms with Gasteiger partial charge >= 0.3 is 5.69 Å². The molecule has 0 saturated heterocycles. The molecule has 112 valence electrons. The van der Waals surface area contributed by atoms with E-state index < -0.39 is 26.5 Å². The highest BCUT2D eigenvalue weighted by molar-refractivity contribution is 9.10. The average molecular weight is 380 g/mol. The van der Waals surface area contributed by atoms with Gasteiger partial charge in [-0.2, -0.15) is 12.8 Å². The van der Waals surface area contributed by atoms with Gasteiger partial charge < -0.3 is 0 Å². The van der Waals surface area contributed by atoms with E-state index in [4.69, 9.17) is 0 Å². The lowest BCUT2D eigenvalue weighted by atomic mass is 10.3. The average Bonchev–Trinajstić information content (AvgIpc) is 2.68. The van der Waals surface area contributed by atoms with Gasteiger partial charge in [-0.3, -0.25) is 14.8 Å². The number of halogens is 2. The minimum Gasteiger partial charge on any atom is -0.278 e. The Morgan fingerprint density at radius 1 is 1.48 bits per heavy atom. The third-order valence-electron chi connectivity index (χ3n) is 2.39. The standard InChI is InChI=1S/C9H7BrFN5O4S/c1-15-9(8(10)12-14-15)21(19,20)13-5-2-3-7(16(17)18)6(11)4-5/h2-4,13H,1H3. The molecule has 21 heavy (non-hydrogen) atoms. The molecular weight excluding hydrogens is 373 g/mol. The van der Waals surface area contributed by atoms with Gasteiger partial charge in [-0.25, -0.2) is 4.68 Å². The number of hydrogen-bond acceptors (Lipinski definition) is 6. The molecule has 0 spiro atoms. The first-order valence-electron chi connectivity index (χ1n) is 5.24. The Morgan fingerprint density at radius 2 is 2.14 bits per heavy atom. The number of benzene rings is 1. The largest absolute Gasteiger partial charge is 0.304 e. The summed E-state index contributed by atoms with van der Waals surface area (Å²) in [6, 6.07) is 2.66. The zero-order valence-electron chi connectivity index (χ0n) is 10.3. The summed E-state index contributed by atoms with van der Waals surface area (Å²) in [6.45, 7) is 0. The van der Waals surface area contributed by atoms with Gasteiger partial charge in [-0.15, -0.1) is 5.10 Å². The van der Waals surface area contributed by atoms with Crippen LogP contribution in [-0.2, 0) is 17.1 Å². The molecule has 0 radical (unpaired) electrons. The monoisotopic (exact) mass is 379 g/mol. The molecule has 1 heterocycles. The van der Waals surface area contributed by atoms with Gasteiger partial charge in [0, 0.05) is 19.2 Å². The number of nitrogens with zero attached hydrogens (tertiary/aromatic N) is 4. The van der Waals surface area contributed by atoms with Crippen LogP contribution in [0.3, 0.4) is 0 Å². The highest BCUT2D eigenvalue weighted by atomic mass is 79.9. The lowest BCUT2D eigenvalue weighted by molar-refractivity contribution is -0.387. The molecule has 0 aliphatic rings. The summed E-state index contributed by atoms with van der Waals surface area (Å²) >= 11 is 2.93. The van der Waals surface area contributed by atoms with Gasteiger partial charge in [0.05, 0.1) is 10.6 Å². The molecular formula is C9H7BrFN5O4S. The normalized spacial score (nSPS) is 11.4. The first kappa shape index (κ1) is 15.3. The third kappa shape index (κ3) is 3.00. The molecule has 0 saturated carbocycles. The van der Waals surface area contributed by atoms with Crippen molar-refractivity contribution in [1.82, 2.24) is 15.0 Å². The summed E-state index contributed by atoms with van der Waals surface area (Å²) in [5.41, 5.74) is -0.910. The van der Waals surface area contributed by atoms with Crippen molar-refractivity contribution in [3.05, 3.63) is 38.7 Å². The SMILES string of the molecule is Cn1nnc(Br)c1S(=O)(=O)Nc1ccc([N+](=O)[O-])c(F)c1. The molecule has 1 aromatic heterocycles. The Hall–Kier alpha value is -2.08. The van der Waals surface area contributed by atoms with E-state index >= 15 is 0 Å². The van der Waals surface area contributed by atoms with Gasteiger partial charge in [0.2, 0.25) is 10.8 Å². The summed E-state index contributed by atoms with van der Waals surface area (Å²) < 4.78 is 40.8. The number of rotatable bonds is 4. The molecule has 0 bridgehead atoms. The van der Waals surface area contributed by atoms with Crippen LogP contribution in [0, 0.1) is 15.9 Å². The number of hydrogen-bond donors (Lipinski definition) is 1. The van der Waals surface area contributed by atoms with Crippen LogP contribution in [0.4, 0.5) is 15.8 Å². The van der Waals surface area contributed by atoms with Crippen molar-refractivity contribution in [1.29, 1.82) is 0 Å². The van der Waals surface area contributed by atoms with Gasteiger partial charge in [0.25, 0.3) is 10.0 Å². The number of aryl methyl sites for hydroxylation is 1. The van der Waals surface area contributed by atoms with Gasteiger partial charge in [-0.05, 0) is 22.0 Å². The maximum atomic E-state index is 13.5. The second kappa shape index (κ2) is 5.37. The van der Waals surface area contributed by atoms with Crippen molar-refractivity contribution in [2.24, 2.45) is 7.05 Å². The second-order valence-electron chi connectivity index (χ2n) is 3.84. The molecule has 0 fully saturated rings. The van der Waals surface area contributed by atoms with Gasteiger partial charge in [0.15, 0.2) is 4.60 Å². The van der Waals surface area contributed by atoms with E-state index in [1.165, 1.54) is 7.05 Å². The van der Waals surface area contributed by atoms with Crippen molar-refractivity contribution in [2.45, 2.75) is 5.03 Å². The first-order valence-corrected chi connectivity index (χ1v) is 7.52. The van der Waals surface area contributed by atoms with Crippen LogP contribution >= 0.6 is 15.9 Å². The van der Waals surface area contributed by atoms with E-state index in [9.17, 15) is 22.9 Å². The number of sulfonamides is 1. The molecule has 2 aromatic rings. The molecule has 0 aliphatic heterocycles. The zero-order chi connectivity index (χ0) is 15.8. The Balaban J connectivity index is 2.38. The molecule has 0 amide bonds. The summed E-state index contributed by atoms with van der Waals surface area (Å²) in [7, 11) is -2.71. The third-order valence-corrected chi connectivity index (χ3v) is 4.66. The lowest BCUT2D eigenvalue weighted by Gasteiger charge is -2.08. The molecule has 1 N–H and O–H groups in total. The highest BCUT2D eigenvalue weighted by Gasteiger charge is 2.25. The van der Waals surface area contributed by atoms with E-state index in [-0.39, 0.29) is 15.3 Å². The van der Waals surface area contributed by atoms with Crippen molar-refractivity contribution < 1.29 is 17.7 Å². The number of nitro groups is 1. The number of nitro benzene ring substituents is 1. The highest BCUT2D eigenvalue weighted by Crippen LogP contribution is 2.24. The van der Waals surface area contributed by atoms with Crippen LogP contribution in [0.25, 0.3) is 0 Å². The fourth-order valence-corrected chi connectivity index (χ4v) is 3.68. The summed E-state index contributed by atoms with van der Waals surface area (Å²) in [5.74, 6) is -1.15. The maximum absolute atomic E-state index is 13.5. The quantitative estimate of drug-likeness (QED) is 0.633. The van der Waals surface area contributed by atoms with Gasteiger partial charge in [0.1, 0.15) is 0 Å². The van der Waals surface area contributed by atoms with Crippen LogP contribution in [0.2, 0.25) is 0 Å². The van der Waals surface area contributed by atoms with E-state index in [1.807, 2.05) is 0 Å². The second-order valence-corrected chi connectivity index (χ2v) is 6.19. The molecule has 1 aromatic carbocycles. The first-order chi connectivity index (χ1) is 9.72. The molecule has 0 unspecified atom stereocenters.